The lowest BCUT2D eigenvalue weighted by Crippen LogP contribution is -2.63. The molecule has 0 aromatic carbocycles. The molecule has 12 heteroatoms. The predicted molar refractivity (Wildman–Crippen MR) is 169 cm³/mol. The van der Waals surface area contributed by atoms with Crippen LogP contribution in [0.1, 0.15) is 68.1 Å². The third-order valence-electron chi connectivity index (χ3n) is 10.2. The van der Waals surface area contributed by atoms with Crippen LogP contribution in [0.2, 0.25) is 0 Å². The Morgan fingerprint density at radius 2 is 2.00 bits per heavy atom. The van der Waals surface area contributed by atoms with Gasteiger partial charge in [-0.2, -0.15) is 5.10 Å². The lowest BCUT2D eigenvalue weighted by atomic mass is 9.81. The smallest absolute Gasteiger partial charge is 0.280 e. The van der Waals surface area contributed by atoms with Gasteiger partial charge in [-0.15, -0.1) is 0 Å². The number of pyridine rings is 1. The molecule has 3 atom stereocenters. The Morgan fingerprint density at radius 3 is 2.64 bits per heavy atom. The number of carbonyl (C=O) groups excluding carboxylic acids is 1. The topological polar surface area (TPSA) is 79.2 Å². The first-order valence-electron chi connectivity index (χ1n) is 16.4. The molecule has 2 aromatic rings. The number of hydrogen-bond donors (Lipinski definition) is 0. The molecule has 0 aliphatic carbocycles. The van der Waals surface area contributed by atoms with E-state index in [2.05, 4.69) is 49.9 Å². The van der Waals surface area contributed by atoms with E-state index in [4.69, 9.17) is 9.47 Å². The number of nitrogens with zero attached hydrogens (tertiary/aromatic N) is 7. The summed E-state index contributed by atoms with van der Waals surface area (Å²) < 4.78 is 43.4. The van der Waals surface area contributed by atoms with Crippen LogP contribution in [0.15, 0.2) is 24.9 Å². The van der Waals surface area contributed by atoms with Crippen molar-refractivity contribution in [3.63, 3.8) is 0 Å². The molecule has 3 saturated heterocycles. The van der Waals surface area contributed by atoms with E-state index in [1.54, 1.807) is 7.11 Å². The zero-order valence-corrected chi connectivity index (χ0v) is 27.1. The third kappa shape index (κ3) is 5.85. The monoisotopic (exact) mass is 627 g/mol. The number of methoxy groups -OCH3 is 1. The van der Waals surface area contributed by atoms with Crippen molar-refractivity contribution in [3.05, 3.63) is 47.4 Å². The number of anilines is 2. The molecule has 2 aromatic heterocycles. The molecule has 0 radical (unpaired) electrons. The molecule has 1 spiro atoms. The summed E-state index contributed by atoms with van der Waals surface area (Å²) in [5.41, 5.74) is 3.17. The maximum Gasteiger partial charge on any atom is 0.280 e. The highest BCUT2D eigenvalue weighted by atomic mass is 19.3. The van der Waals surface area contributed by atoms with Gasteiger partial charge in [-0.05, 0) is 38.3 Å². The summed E-state index contributed by atoms with van der Waals surface area (Å²) in [7, 11) is 1.69. The second-order valence-electron chi connectivity index (χ2n) is 13.1. The van der Waals surface area contributed by atoms with Crippen molar-refractivity contribution in [2.24, 2.45) is 0 Å². The first-order valence-corrected chi connectivity index (χ1v) is 16.4. The zero-order valence-electron chi connectivity index (χ0n) is 27.1. The minimum atomic E-state index is -2.65. The molecular weight excluding hydrogens is 580 g/mol. The Kier molecular flexibility index (Phi) is 9.18. The normalized spacial score (nSPS) is 26.0. The average Bonchev–Trinajstić information content (AvgIpc) is 3.41. The SMILES string of the molecule is C=CC(=O)N1CCN(C2CN(c3cc(N4CC[C@]5(C[C@H]4C)OC[C@H](COC)n4ncc(C)c45)nc(C(F)F)c3CCC)C2)CC1. The van der Waals surface area contributed by atoms with Gasteiger partial charge in [0.25, 0.3) is 6.43 Å². The second kappa shape index (κ2) is 13.0. The van der Waals surface area contributed by atoms with Gasteiger partial charge in [0.05, 0.1) is 31.1 Å². The average molecular weight is 628 g/mol. The molecule has 0 unspecified atom stereocenters. The fraction of sp³-hybridized carbons (Fsp3) is 0.667. The number of fused-ring (bicyclic) bond motifs is 2. The van der Waals surface area contributed by atoms with Gasteiger partial charge in [-0.1, -0.05) is 19.9 Å². The predicted octanol–water partition coefficient (Wildman–Crippen LogP) is 4.10. The van der Waals surface area contributed by atoms with Gasteiger partial charge in [-0.3, -0.25) is 14.4 Å². The highest BCUT2D eigenvalue weighted by molar-refractivity contribution is 5.87. The minimum Gasteiger partial charge on any atom is -0.382 e. The van der Waals surface area contributed by atoms with Gasteiger partial charge in [0.15, 0.2) is 0 Å². The van der Waals surface area contributed by atoms with Crippen LogP contribution in [-0.4, -0.2) is 109 Å². The van der Waals surface area contributed by atoms with Crippen LogP contribution in [0.3, 0.4) is 0 Å². The molecule has 6 rings (SSSR count). The molecule has 45 heavy (non-hydrogen) atoms. The summed E-state index contributed by atoms with van der Waals surface area (Å²) in [6.07, 6.45) is 3.38. The van der Waals surface area contributed by atoms with Gasteiger partial charge >= 0.3 is 0 Å². The third-order valence-corrected chi connectivity index (χ3v) is 10.2. The Balaban J connectivity index is 1.22. The van der Waals surface area contributed by atoms with Gasteiger partial charge in [-0.25, -0.2) is 13.8 Å². The molecule has 10 nitrogen and oxygen atoms in total. The first kappa shape index (κ1) is 31.9. The summed E-state index contributed by atoms with van der Waals surface area (Å²) in [5, 5.41) is 4.69. The number of halogens is 2. The van der Waals surface area contributed by atoms with Gasteiger partial charge < -0.3 is 24.2 Å². The van der Waals surface area contributed by atoms with Crippen LogP contribution < -0.4 is 9.80 Å². The molecule has 246 valence electrons. The first-order chi connectivity index (χ1) is 21.7. The van der Waals surface area contributed by atoms with E-state index in [0.29, 0.717) is 69.5 Å². The van der Waals surface area contributed by atoms with Crippen LogP contribution in [-0.2, 0) is 26.3 Å². The number of aryl methyl sites for hydroxylation is 1. The van der Waals surface area contributed by atoms with Crippen LogP contribution >= 0.6 is 0 Å². The number of rotatable bonds is 9. The standard InChI is InChI=1S/C33H47F2N7O3/c1-6-8-26-27(40-18-24(19-40)38-11-13-39(14-12-38)29(43)7-2)15-28(37-30(26)32(34)35)41-10-9-33(16-23(41)4)31-22(3)17-36-42(31)25(20-44-5)21-45-33/h7,15,17,23-25,32H,2,6,8-14,16,18-21H2,1,3-5H3/t23-,25+,33-/m1/s1. The molecule has 4 aliphatic rings. The van der Waals surface area contributed by atoms with Gasteiger partial charge in [0.2, 0.25) is 5.91 Å². The van der Waals surface area contributed by atoms with Crippen molar-refractivity contribution in [1.29, 1.82) is 0 Å². The van der Waals surface area contributed by atoms with Crippen molar-refractivity contribution in [3.8, 4) is 0 Å². The molecule has 3 fully saturated rings. The van der Waals surface area contributed by atoms with E-state index < -0.39 is 12.0 Å². The fourth-order valence-corrected chi connectivity index (χ4v) is 7.90. The maximum atomic E-state index is 14.6. The molecule has 1 amide bonds. The summed E-state index contributed by atoms with van der Waals surface area (Å²) in [6, 6.07) is 2.43. The van der Waals surface area contributed by atoms with E-state index in [9.17, 15) is 13.6 Å². The van der Waals surface area contributed by atoms with E-state index >= 15 is 0 Å². The largest absolute Gasteiger partial charge is 0.382 e. The van der Waals surface area contributed by atoms with Crippen molar-refractivity contribution in [1.82, 2.24) is 24.6 Å². The Morgan fingerprint density at radius 1 is 1.24 bits per heavy atom. The lowest BCUT2D eigenvalue weighted by molar-refractivity contribution is -0.128. The van der Waals surface area contributed by atoms with Crippen molar-refractivity contribution < 1.29 is 23.0 Å². The van der Waals surface area contributed by atoms with Gasteiger partial charge in [0, 0.05) is 88.7 Å². The summed E-state index contributed by atoms with van der Waals surface area (Å²) in [4.78, 5) is 25.3. The lowest BCUT2D eigenvalue weighted by Gasteiger charge is -2.50. The number of piperidine rings is 1. The van der Waals surface area contributed by atoms with Crippen LogP contribution in [0.4, 0.5) is 20.3 Å². The quantitative estimate of drug-likeness (QED) is 0.385. The Bertz CT molecular complexity index is 1390. The minimum absolute atomic E-state index is 0.0158. The number of alkyl halides is 2. The highest BCUT2D eigenvalue weighted by Crippen LogP contribution is 2.46. The highest BCUT2D eigenvalue weighted by Gasteiger charge is 2.48. The Labute approximate surface area is 264 Å². The molecule has 6 heterocycles. The van der Waals surface area contributed by atoms with Crippen molar-refractivity contribution >= 4 is 17.4 Å². The fourth-order valence-electron chi connectivity index (χ4n) is 7.90. The van der Waals surface area contributed by atoms with E-state index in [0.717, 1.165) is 49.5 Å². The van der Waals surface area contributed by atoms with E-state index in [1.807, 2.05) is 24.1 Å². The number of piperazine rings is 1. The van der Waals surface area contributed by atoms with Crippen LogP contribution in [0, 0.1) is 6.92 Å². The van der Waals surface area contributed by atoms with Crippen molar-refractivity contribution in [2.45, 2.75) is 76.6 Å². The summed E-state index contributed by atoms with van der Waals surface area (Å²) >= 11 is 0. The van der Waals surface area contributed by atoms with E-state index in [-0.39, 0.29) is 23.7 Å². The van der Waals surface area contributed by atoms with Crippen LogP contribution in [0.5, 0.6) is 0 Å². The second-order valence-corrected chi connectivity index (χ2v) is 13.1. The van der Waals surface area contributed by atoms with Crippen LogP contribution in [0.25, 0.3) is 0 Å². The number of aromatic nitrogens is 3. The number of hydrogen-bond acceptors (Lipinski definition) is 8. The zero-order chi connectivity index (χ0) is 31.9. The van der Waals surface area contributed by atoms with E-state index in [1.165, 1.54) is 6.08 Å². The Hall–Kier alpha value is -3.09. The number of carbonyl (C=O) groups is 1. The number of ether oxygens (including phenoxy) is 2. The molecule has 0 bridgehead atoms. The maximum absolute atomic E-state index is 14.6. The molecule has 0 saturated carbocycles. The molecular formula is C33H47F2N7O3. The number of amides is 1. The summed E-state index contributed by atoms with van der Waals surface area (Å²) in [5.74, 6) is 0.586. The van der Waals surface area contributed by atoms with Crippen molar-refractivity contribution in [2.75, 3.05) is 75.9 Å². The summed E-state index contributed by atoms with van der Waals surface area (Å²) in [6.45, 7) is 16.1. The molecule has 0 N–H and O–H groups in total. The van der Waals surface area contributed by atoms with Gasteiger partial charge in [0.1, 0.15) is 17.1 Å². The molecule has 4 aliphatic heterocycles.